The molecule has 0 saturated heterocycles. The second-order valence-corrected chi connectivity index (χ2v) is 4.80. The Hall–Kier alpha value is -2.50. The van der Waals surface area contributed by atoms with Gasteiger partial charge in [-0.15, -0.1) is 24.0 Å². The Balaban J connectivity index is 0.00000338. The fraction of sp³-hybridized carbons (Fsp3) is 0.125. The quantitative estimate of drug-likeness (QED) is 0.266. The van der Waals surface area contributed by atoms with Gasteiger partial charge in [0, 0.05) is 0 Å². The zero-order chi connectivity index (χ0) is 18.4. The van der Waals surface area contributed by atoms with Crippen LogP contribution in [0.4, 0.5) is 24.5 Å². The molecule has 0 aliphatic carbocycles. The number of hydrogen-bond acceptors (Lipinski definition) is 3. The average molecular weight is 480 g/mol. The first-order chi connectivity index (χ1) is 11.9. The summed E-state index contributed by atoms with van der Waals surface area (Å²) in [6.07, 6.45) is 0. The van der Waals surface area contributed by atoms with E-state index in [4.69, 9.17) is 10.5 Å². The molecule has 0 aliphatic rings. The number of ether oxygens (including phenoxy) is 1. The third kappa shape index (κ3) is 5.51. The lowest BCUT2D eigenvalue weighted by molar-refractivity contribution is -0.114. The molecule has 26 heavy (non-hydrogen) atoms. The normalized spacial score (nSPS) is 10.7. The Morgan fingerprint density at radius 3 is 2.46 bits per heavy atom. The highest BCUT2D eigenvalue weighted by Gasteiger charge is 2.15. The molecule has 2 aromatic rings. The lowest BCUT2D eigenvalue weighted by Crippen LogP contribution is -2.25. The number of para-hydroxylation sites is 2. The monoisotopic (exact) mass is 480 g/mol. The Morgan fingerprint density at radius 1 is 1.08 bits per heavy atom. The topological polar surface area (TPSA) is 88.7 Å². The number of anilines is 2. The van der Waals surface area contributed by atoms with Gasteiger partial charge in [0.15, 0.2) is 23.4 Å². The smallest absolute Gasteiger partial charge is 0.246 e. The predicted octanol–water partition coefficient (Wildman–Crippen LogP) is 3.10. The van der Waals surface area contributed by atoms with Crippen molar-refractivity contribution in [2.75, 3.05) is 24.3 Å². The Morgan fingerprint density at radius 2 is 1.77 bits per heavy atom. The lowest BCUT2D eigenvalue weighted by atomic mass is 10.2. The summed E-state index contributed by atoms with van der Waals surface area (Å²) in [5, 5.41) is 4.83. The molecule has 0 atom stereocenters. The van der Waals surface area contributed by atoms with Crippen molar-refractivity contribution in [3.63, 3.8) is 0 Å². The summed E-state index contributed by atoms with van der Waals surface area (Å²) in [6.45, 7) is -0.452. The Bertz CT molecular complexity index is 818. The number of amides is 1. The number of hydrogen-bond donors (Lipinski definition) is 3. The van der Waals surface area contributed by atoms with Crippen molar-refractivity contribution < 1.29 is 22.7 Å². The minimum Gasteiger partial charge on any atom is -0.495 e. The van der Waals surface area contributed by atoms with Gasteiger partial charge >= 0.3 is 0 Å². The number of nitrogens with zero attached hydrogens (tertiary/aromatic N) is 1. The number of carbonyl (C=O) groups excluding carboxylic acids is 1. The first-order valence-corrected chi connectivity index (χ1v) is 7.05. The maximum atomic E-state index is 13.5. The second kappa shape index (κ2) is 9.85. The van der Waals surface area contributed by atoms with E-state index in [0.29, 0.717) is 17.5 Å². The maximum Gasteiger partial charge on any atom is 0.246 e. The molecule has 0 bridgehead atoms. The van der Waals surface area contributed by atoms with E-state index in [0.717, 1.165) is 6.07 Å². The van der Waals surface area contributed by atoms with Gasteiger partial charge in [-0.1, -0.05) is 12.1 Å². The highest BCUT2D eigenvalue weighted by Crippen LogP contribution is 2.22. The van der Waals surface area contributed by atoms with Crippen molar-refractivity contribution in [3.8, 4) is 5.75 Å². The molecule has 140 valence electrons. The summed E-state index contributed by atoms with van der Waals surface area (Å²) < 4.78 is 44.5. The average Bonchev–Trinajstić information content (AvgIpc) is 2.61. The number of benzene rings is 2. The molecule has 10 heteroatoms. The van der Waals surface area contributed by atoms with Crippen LogP contribution < -0.4 is 21.1 Å². The fourth-order valence-corrected chi connectivity index (χ4v) is 1.89. The minimum absolute atomic E-state index is 0. The molecule has 6 nitrogen and oxygen atoms in total. The molecular weight excluding hydrogens is 464 g/mol. The van der Waals surface area contributed by atoms with Crippen LogP contribution in [0.15, 0.2) is 41.4 Å². The first-order valence-electron chi connectivity index (χ1n) is 7.05. The fourth-order valence-electron chi connectivity index (χ4n) is 1.89. The van der Waals surface area contributed by atoms with Gasteiger partial charge in [-0.05, 0) is 24.3 Å². The van der Waals surface area contributed by atoms with E-state index in [9.17, 15) is 18.0 Å². The molecule has 4 N–H and O–H groups in total. The Kier molecular flexibility index (Phi) is 8.16. The van der Waals surface area contributed by atoms with E-state index in [-0.39, 0.29) is 29.9 Å². The number of methoxy groups -OCH3 is 1. The largest absolute Gasteiger partial charge is 0.495 e. The van der Waals surface area contributed by atoms with Gasteiger partial charge in [0.2, 0.25) is 5.91 Å². The van der Waals surface area contributed by atoms with E-state index < -0.39 is 35.6 Å². The van der Waals surface area contributed by atoms with Crippen LogP contribution in [0.3, 0.4) is 0 Å². The molecule has 0 aromatic heterocycles. The summed E-state index contributed by atoms with van der Waals surface area (Å²) in [5.41, 5.74) is 5.71. The number of nitrogens with one attached hydrogen (secondary N) is 2. The molecule has 2 aromatic carbocycles. The van der Waals surface area contributed by atoms with Gasteiger partial charge in [0.1, 0.15) is 12.3 Å². The number of guanidine groups is 1. The Labute approximate surface area is 164 Å². The van der Waals surface area contributed by atoms with Crippen LogP contribution in [0.5, 0.6) is 5.75 Å². The third-order valence-electron chi connectivity index (χ3n) is 3.07. The van der Waals surface area contributed by atoms with Gasteiger partial charge in [-0.2, -0.15) is 0 Å². The zero-order valence-corrected chi connectivity index (χ0v) is 15.9. The van der Waals surface area contributed by atoms with Crippen LogP contribution in [0, 0.1) is 17.5 Å². The highest BCUT2D eigenvalue weighted by atomic mass is 127. The van der Waals surface area contributed by atoms with Gasteiger partial charge in [0.25, 0.3) is 0 Å². The second-order valence-electron chi connectivity index (χ2n) is 4.80. The molecule has 0 fully saturated rings. The van der Waals surface area contributed by atoms with Crippen LogP contribution in [-0.4, -0.2) is 25.5 Å². The SMILES string of the molecule is COc1ccccc1NC(N)=NCC(=O)Nc1ccc(F)c(F)c1F.I. The number of carbonyl (C=O) groups is 1. The highest BCUT2D eigenvalue weighted by molar-refractivity contribution is 14.0. The van der Waals surface area contributed by atoms with Gasteiger partial charge in [0.05, 0.1) is 18.5 Å². The minimum atomic E-state index is -1.67. The molecule has 2 rings (SSSR count). The first kappa shape index (κ1) is 21.5. The maximum absolute atomic E-state index is 13.5. The van der Waals surface area contributed by atoms with E-state index in [2.05, 4.69) is 15.6 Å². The van der Waals surface area contributed by atoms with Crippen LogP contribution >= 0.6 is 24.0 Å². The molecular formula is C16H16F3IN4O2. The summed E-state index contributed by atoms with van der Waals surface area (Å²) in [4.78, 5) is 15.5. The van der Waals surface area contributed by atoms with E-state index in [1.54, 1.807) is 24.3 Å². The third-order valence-corrected chi connectivity index (χ3v) is 3.07. The van der Waals surface area contributed by atoms with Gasteiger partial charge in [-0.3, -0.25) is 4.79 Å². The predicted molar refractivity (Wildman–Crippen MR) is 103 cm³/mol. The number of aliphatic imine (C=N–C) groups is 1. The molecule has 0 heterocycles. The number of halogens is 4. The molecule has 0 aliphatic heterocycles. The van der Waals surface area contributed by atoms with Crippen molar-refractivity contribution in [1.29, 1.82) is 0 Å². The molecule has 1 amide bonds. The summed E-state index contributed by atoms with van der Waals surface area (Å²) in [5.74, 6) is -4.82. The van der Waals surface area contributed by atoms with Crippen LogP contribution in [0.25, 0.3) is 0 Å². The lowest BCUT2D eigenvalue weighted by Gasteiger charge is -2.10. The van der Waals surface area contributed by atoms with Crippen LogP contribution in [-0.2, 0) is 4.79 Å². The summed E-state index contributed by atoms with van der Waals surface area (Å²) in [7, 11) is 1.48. The van der Waals surface area contributed by atoms with Crippen LogP contribution in [0.2, 0.25) is 0 Å². The summed E-state index contributed by atoms with van der Waals surface area (Å²) in [6, 6.07) is 8.52. The van der Waals surface area contributed by atoms with E-state index in [1.807, 2.05) is 0 Å². The van der Waals surface area contributed by atoms with Crippen molar-refractivity contribution >= 4 is 47.2 Å². The number of rotatable bonds is 5. The van der Waals surface area contributed by atoms with Crippen molar-refractivity contribution in [3.05, 3.63) is 53.8 Å². The summed E-state index contributed by atoms with van der Waals surface area (Å²) >= 11 is 0. The molecule has 0 radical (unpaired) electrons. The number of nitrogens with two attached hydrogens (primary N) is 1. The van der Waals surface area contributed by atoms with E-state index in [1.165, 1.54) is 7.11 Å². The van der Waals surface area contributed by atoms with Gasteiger partial charge in [-0.25, -0.2) is 18.2 Å². The van der Waals surface area contributed by atoms with E-state index >= 15 is 0 Å². The van der Waals surface area contributed by atoms with Gasteiger partial charge < -0.3 is 21.1 Å². The zero-order valence-electron chi connectivity index (χ0n) is 13.6. The molecule has 0 spiro atoms. The van der Waals surface area contributed by atoms with Crippen molar-refractivity contribution in [2.24, 2.45) is 10.7 Å². The van der Waals surface area contributed by atoms with Crippen molar-refractivity contribution in [2.45, 2.75) is 0 Å². The molecule has 0 saturated carbocycles. The standard InChI is InChI=1S/C16H15F3N4O2.HI/c1-25-12-5-3-2-4-10(12)23-16(20)21-8-13(24)22-11-7-6-9(17)14(18)15(11)19;/h2-7H,8H2,1H3,(H,22,24)(H3,20,21,23);1H. The van der Waals surface area contributed by atoms with Crippen LogP contribution in [0.1, 0.15) is 0 Å². The molecule has 0 unspecified atom stereocenters. The van der Waals surface area contributed by atoms with Crippen molar-refractivity contribution in [1.82, 2.24) is 0 Å².